The minimum Gasteiger partial charge on any atom is -0.495 e. The molecule has 1 unspecified atom stereocenters. The average molecular weight is 257 g/mol. The minimum atomic E-state index is -0.807. The highest BCUT2D eigenvalue weighted by atomic mass is 35.5. The predicted octanol–water partition coefficient (Wildman–Crippen LogP) is 3.35. The van der Waals surface area contributed by atoms with E-state index >= 15 is 0 Å². The second-order valence-corrected chi connectivity index (χ2v) is 4.37. The molecule has 0 N–H and O–H groups in total. The van der Waals surface area contributed by atoms with Crippen molar-refractivity contribution in [3.05, 3.63) is 28.8 Å². The highest BCUT2D eigenvalue weighted by Crippen LogP contribution is 2.28. The Balaban J connectivity index is 3.12. The van der Waals surface area contributed by atoms with Gasteiger partial charge >= 0.3 is 0 Å². The molecule has 0 aliphatic heterocycles. The van der Waals surface area contributed by atoms with Crippen molar-refractivity contribution in [2.45, 2.75) is 25.9 Å². The molecule has 0 radical (unpaired) electrons. The molecule has 1 atom stereocenters. The second-order valence-electron chi connectivity index (χ2n) is 3.97. The maximum absolute atomic E-state index is 12.3. The van der Waals surface area contributed by atoms with E-state index in [2.05, 4.69) is 0 Å². The molecule has 0 saturated heterocycles. The minimum absolute atomic E-state index is 0.0718. The van der Waals surface area contributed by atoms with Crippen molar-refractivity contribution in [2.24, 2.45) is 0 Å². The van der Waals surface area contributed by atoms with Crippen molar-refractivity contribution in [3.63, 3.8) is 0 Å². The summed E-state index contributed by atoms with van der Waals surface area (Å²) < 4.78 is 10.4. The number of methoxy groups -OCH3 is 2. The molecule has 0 aliphatic carbocycles. The zero-order valence-electron chi connectivity index (χ0n) is 10.5. The highest BCUT2D eigenvalue weighted by molar-refractivity contribution is 6.32. The van der Waals surface area contributed by atoms with Crippen molar-refractivity contribution < 1.29 is 14.3 Å². The van der Waals surface area contributed by atoms with Crippen LogP contribution in [0.1, 0.15) is 30.6 Å². The first-order valence-corrected chi connectivity index (χ1v) is 5.79. The average Bonchev–Trinajstić information content (AvgIpc) is 2.37. The van der Waals surface area contributed by atoms with E-state index in [1.165, 1.54) is 14.2 Å². The third-order valence-corrected chi connectivity index (χ3v) is 3.33. The summed E-state index contributed by atoms with van der Waals surface area (Å²) in [6.45, 7) is 3.69. The van der Waals surface area contributed by atoms with Gasteiger partial charge in [-0.2, -0.15) is 0 Å². The van der Waals surface area contributed by atoms with E-state index in [4.69, 9.17) is 21.1 Å². The number of benzene rings is 1. The lowest BCUT2D eigenvalue weighted by Gasteiger charge is -2.25. The van der Waals surface area contributed by atoms with E-state index in [0.717, 1.165) is 0 Å². The summed E-state index contributed by atoms with van der Waals surface area (Å²) in [7, 11) is 3.05. The van der Waals surface area contributed by atoms with Gasteiger partial charge in [0.25, 0.3) is 0 Å². The largest absolute Gasteiger partial charge is 0.495 e. The van der Waals surface area contributed by atoms with Gasteiger partial charge in [0.15, 0.2) is 5.78 Å². The van der Waals surface area contributed by atoms with Crippen LogP contribution in [0, 0.1) is 0 Å². The second kappa shape index (κ2) is 5.52. The van der Waals surface area contributed by atoms with E-state index in [0.29, 0.717) is 22.8 Å². The third kappa shape index (κ3) is 2.79. The Morgan fingerprint density at radius 3 is 2.53 bits per heavy atom. The van der Waals surface area contributed by atoms with Crippen LogP contribution in [-0.4, -0.2) is 25.6 Å². The number of hydrogen-bond donors (Lipinski definition) is 0. The van der Waals surface area contributed by atoms with Crippen LogP contribution < -0.4 is 4.74 Å². The number of ether oxygens (including phenoxy) is 2. The van der Waals surface area contributed by atoms with E-state index in [1.54, 1.807) is 25.1 Å². The van der Waals surface area contributed by atoms with E-state index in [9.17, 15) is 4.79 Å². The lowest BCUT2D eigenvalue weighted by Crippen LogP contribution is -2.36. The van der Waals surface area contributed by atoms with Crippen molar-refractivity contribution in [1.82, 2.24) is 0 Å². The molecular formula is C13H17ClO3. The summed E-state index contributed by atoms with van der Waals surface area (Å²) in [4.78, 5) is 12.3. The summed E-state index contributed by atoms with van der Waals surface area (Å²) in [6, 6.07) is 4.97. The maximum Gasteiger partial charge on any atom is 0.194 e. The van der Waals surface area contributed by atoms with Crippen LogP contribution in [0.3, 0.4) is 0 Å². The Bertz CT molecular complexity index is 411. The fourth-order valence-corrected chi connectivity index (χ4v) is 1.70. The quantitative estimate of drug-likeness (QED) is 0.758. The topological polar surface area (TPSA) is 35.5 Å². The molecule has 1 aromatic carbocycles. The summed E-state index contributed by atoms with van der Waals surface area (Å²) >= 11 is 5.92. The van der Waals surface area contributed by atoms with E-state index in [1.807, 2.05) is 6.92 Å². The molecule has 1 rings (SSSR count). The van der Waals surface area contributed by atoms with Gasteiger partial charge < -0.3 is 9.47 Å². The number of Topliss-reactive ketones (excluding diaryl/α,β-unsaturated/α-hetero) is 1. The Kier molecular flexibility index (Phi) is 4.54. The maximum atomic E-state index is 12.3. The molecule has 0 spiro atoms. The molecule has 0 aliphatic rings. The summed E-state index contributed by atoms with van der Waals surface area (Å²) in [6.07, 6.45) is 0.604. The fraction of sp³-hybridized carbons (Fsp3) is 0.462. The number of halogens is 1. The SMILES string of the molecule is CCC(C)(OC)C(=O)c1ccc(Cl)c(OC)c1. The van der Waals surface area contributed by atoms with Gasteiger partial charge in [-0.3, -0.25) is 4.79 Å². The summed E-state index contributed by atoms with van der Waals surface area (Å²) in [5.41, 5.74) is -0.267. The predicted molar refractivity (Wildman–Crippen MR) is 68.0 cm³/mol. The van der Waals surface area contributed by atoms with Crippen LogP contribution >= 0.6 is 11.6 Å². The van der Waals surface area contributed by atoms with Crippen molar-refractivity contribution >= 4 is 17.4 Å². The van der Waals surface area contributed by atoms with Crippen LogP contribution in [0.5, 0.6) is 5.75 Å². The molecule has 3 nitrogen and oxygen atoms in total. The molecular weight excluding hydrogens is 240 g/mol. The van der Waals surface area contributed by atoms with Gasteiger partial charge in [0.2, 0.25) is 0 Å². The number of hydrogen-bond acceptors (Lipinski definition) is 3. The molecule has 0 aromatic heterocycles. The van der Waals surface area contributed by atoms with Crippen LogP contribution in [0.25, 0.3) is 0 Å². The molecule has 0 saturated carbocycles. The zero-order valence-corrected chi connectivity index (χ0v) is 11.3. The van der Waals surface area contributed by atoms with Gasteiger partial charge in [0, 0.05) is 12.7 Å². The monoisotopic (exact) mass is 256 g/mol. The van der Waals surface area contributed by atoms with E-state index in [-0.39, 0.29) is 5.78 Å². The highest BCUT2D eigenvalue weighted by Gasteiger charge is 2.32. The van der Waals surface area contributed by atoms with Crippen LogP contribution in [0.2, 0.25) is 5.02 Å². The number of ketones is 1. The summed E-state index contributed by atoms with van der Waals surface area (Å²) in [5, 5.41) is 0.486. The number of carbonyl (C=O) groups excluding carboxylic acids is 1. The summed E-state index contributed by atoms with van der Waals surface area (Å²) in [5.74, 6) is 0.421. The molecule has 17 heavy (non-hydrogen) atoms. The van der Waals surface area contributed by atoms with Crippen molar-refractivity contribution in [2.75, 3.05) is 14.2 Å². The van der Waals surface area contributed by atoms with Crippen molar-refractivity contribution in [3.8, 4) is 5.75 Å². The molecule has 1 aromatic rings. The Labute approximate surface area is 107 Å². The van der Waals surface area contributed by atoms with Crippen molar-refractivity contribution in [1.29, 1.82) is 0 Å². The van der Waals surface area contributed by atoms with Crippen LogP contribution in [-0.2, 0) is 4.74 Å². The molecule has 4 heteroatoms. The lowest BCUT2D eigenvalue weighted by atomic mass is 9.92. The first-order valence-electron chi connectivity index (χ1n) is 5.42. The fourth-order valence-electron chi connectivity index (χ4n) is 1.50. The van der Waals surface area contributed by atoms with E-state index < -0.39 is 5.60 Å². The smallest absolute Gasteiger partial charge is 0.194 e. The molecule has 0 bridgehead atoms. The number of carbonyl (C=O) groups is 1. The van der Waals surface area contributed by atoms with Crippen LogP contribution in [0.4, 0.5) is 0 Å². The van der Waals surface area contributed by atoms with Gasteiger partial charge in [-0.1, -0.05) is 18.5 Å². The third-order valence-electron chi connectivity index (χ3n) is 3.02. The van der Waals surface area contributed by atoms with Crippen LogP contribution in [0.15, 0.2) is 18.2 Å². The Hall–Kier alpha value is -1.06. The molecule has 0 amide bonds. The normalized spacial score (nSPS) is 14.2. The standard InChI is InChI=1S/C13H17ClO3/c1-5-13(2,17-4)12(15)9-6-7-10(14)11(8-9)16-3/h6-8H,5H2,1-4H3. The molecule has 0 fully saturated rings. The Morgan fingerprint density at radius 1 is 1.41 bits per heavy atom. The number of rotatable bonds is 5. The Morgan fingerprint density at radius 2 is 2.06 bits per heavy atom. The first-order chi connectivity index (χ1) is 7.98. The van der Waals surface area contributed by atoms with Gasteiger partial charge in [-0.05, 0) is 31.5 Å². The lowest BCUT2D eigenvalue weighted by molar-refractivity contribution is 0.0106. The first kappa shape index (κ1) is 14.0. The van der Waals surface area contributed by atoms with Gasteiger partial charge in [-0.25, -0.2) is 0 Å². The molecule has 0 heterocycles. The van der Waals surface area contributed by atoms with Gasteiger partial charge in [-0.15, -0.1) is 0 Å². The van der Waals surface area contributed by atoms with Gasteiger partial charge in [0.05, 0.1) is 12.1 Å². The van der Waals surface area contributed by atoms with Gasteiger partial charge in [0.1, 0.15) is 11.4 Å². The molecule has 94 valence electrons. The zero-order chi connectivity index (χ0) is 13.1.